The van der Waals surface area contributed by atoms with E-state index in [0.29, 0.717) is 19.3 Å². The molecular weight excluding hydrogens is 751 g/mol. The summed E-state index contributed by atoms with van der Waals surface area (Å²) >= 11 is 0. The van der Waals surface area contributed by atoms with Gasteiger partial charge in [-0.1, -0.05) is 179 Å². The molecule has 59 heavy (non-hydrogen) atoms. The van der Waals surface area contributed by atoms with Crippen molar-refractivity contribution in [1.82, 2.24) is 5.32 Å². The van der Waals surface area contributed by atoms with Gasteiger partial charge in [0.05, 0.1) is 25.4 Å². The molecule has 0 saturated carbocycles. The quantitative estimate of drug-likeness (QED) is 0.0221. The maximum Gasteiger partial charge on any atom is 0.249 e. The fraction of sp³-hybridized carbons (Fsp3) is 0.896. The Labute approximate surface area is 359 Å². The third-order valence-corrected chi connectivity index (χ3v) is 11.7. The molecule has 11 heteroatoms. The zero-order valence-corrected chi connectivity index (χ0v) is 37.5. The van der Waals surface area contributed by atoms with Crippen molar-refractivity contribution in [3.63, 3.8) is 0 Å². The van der Waals surface area contributed by atoms with Crippen molar-refractivity contribution in [3.05, 3.63) is 24.3 Å². The molecule has 0 aromatic heterocycles. The van der Waals surface area contributed by atoms with Crippen molar-refractivity contribution >= 4 is 5.91 Å². The third-order valence-electron chi connectivity index (χ3n) is 11.7. The lowest BCUT2D eigenvalue weighted by Gasteiger charge is -2.40. The molecule has 9 atom stereocenters. The van der Waals surface area contributed by atoms with Gasteiger partial charge in [0, 0.05) is 0 Å². The van der Waals surface area contributed by atoms with Crippen LogP contribution in [0.2, 0.25) is 0 Å². The van der Waals surface area contributed by atoms with E-state index >= 15 is 0 Å². The van der Waals surface area contributed by atoms with E-state index in [2.05, 4.69) is 43.5 Å². The highest BCUT2D eigenvalue weighted by atomic mass is 16.7. The van der Waals surface area contributed by atoms with Crippen molar-refractivity contribution < 1.29 is 50.0 Å². The highest BCUT2D eigenvalue weighted by Crippen LogP contribution is 2.23. The van der Waals surface area contributed by atoms with Gasteiger partial charge in [0.25, 0.3) is 0 Å². The molecule has 348 valence electrons. The first-order valence-corrected chi connectivity index (χ1v) is 24.2. The fourth-order valence-electron chi connectivity index (χ4n) is 7.69. The van der Waals surface area contributed by atoms with Gasteiger partial charge in [-0.25, -0.2) is 0 Å². The van der Waals surface area contributed by atoms with Gasteiger partial charge >= 0.3 is 0 Å². The second-order valence-corrected chi connectivity index (χ2v) is 17.2. The summed E-state index contributed by atoms with van der Waals surface area (Å²) in [6.45, 7) is 3.42. The minimum absolute atomic E-state index is 0.248. The number of rotatable bonds is 40. The first kappa shape index (κ1) is 55.6. The number of hydrogen-bond acceptors (Lipinski definition) is 10. The Hall–Kier alpha value is -1.41. The van der Waals surface area contributed by atoms with Crippen LogP contribution in [0.3, 0.4) is 0 Å². The van der Waals surface area contributed by atoms with Crippen LogP contribution in [0.5, 0.6) is 0 Å². The molecule has 0 bridgehead atoms. The number of nitrogens with one attached hydrogen (secondary N) is 1. The number of allylic oxidation sites excluding steroid dienone is 4. The van der Waals surface area contributed by atoms with Crippen LogP contribution in [-0.4, -0.2) is 110 Å². The number of aliphatic hydroxyl groups is 7. The van der Waals surface area contributed by atoms with Gasteiger partial charge in [-0.15, -0.1) is 0 Å². The molecule has 1 fully saturated rings. The van der Waals surface area contributed by atoms with Crippen molar-refractivity contribution in [2.24, 2.45) is 0 Å². The van der Waals surface area contributed by atoms with Crippen LogP contribution in [0.1, 0.15) is 206 Å². The van der Waals surface area contributed by atoms with Gasteiger partial charge < -0.3 is 50.5 Å². The normalized spacial score (nSPS) is 21.9. The molecule has 1 amide bonds. The second-order valence-electron chi connectivity index (χ2n) is 17.2. The first-order chi connectivity index (χ1) is 28.7. The van der Waals surface area contributed by atoms with E-state index in [0.717, 1.165) is 38.5 Å². The van der Waals surface area contributed by atoms with E-state index in [4.69, 9.17) is 9.47 Å². The Kier molecular flexibility index (Phi) is 36.1. The number of unbranched alkanes of at least 4 members (excludes halogenated alkanes) is 24. The summed E-state index contributed by atoms with van der Waals surface area (Å²) in [5.74, 6) is -0.710. The van der Waals surface area contributed by atoms with Gasteiger partial charge in [0.1, 0.15) is 36.6 Å². The minimum Gasteiger partial charge on any atom is -0.394 e. The van der Waals surface area contributed by atoms with E-state index in [1.165, 1.54) is 122 Å². The lowest BCUT2D eigenvalue weighted by molar-refractivity contribution is -0.303. The lowest BCUT2D eigenvalue weighted by atomic mass is 9.98. The van der Waals surface area contributed by atoms with Gasteiger partial charge in [-0.2, -0.15) is 0 Å². The topological polar surface area (TPSA) is 189 Å². The third kappa shape index (κ3) is 28.0. The number of carbonyl (C=O) groups is 1. The van der Waals surface area contributed by atoms with Crippen molar-refractivity contribution in [1.29, 1.82) is 0 Å². The highest BCUT2D eigenvalue weighted by molar-refractivity contribution is 5.80. The highest BCUT2D eigenvalue weighted by Gasteiger charge is 2.44. The fourth-order valence-corrected chi connectivity index (χ4v) is 7.69. The van der Waals surface area contributed by atoms with Gasteiger partial charge in [-0.3, -0.25) is 4.79 Å². The van der Waals surface area contributed by atoms with E-state index in [-0.39, 0.29) is 12.8 Å². The Morgan fingerprint density at radius 3 is 1.51 bits per heavy atom. The number of amides is 1. The number of hydrogen-bond donors (Lipinski definition) is 8. The predicted molar refractivity (Wildman–Crippen MR) is 238 cm³/mol. The van der Waals surface area contributed by atoms with Crippen LogP contribution in [0, 0.1) is 0 Å². The molecule has 0 radical (unpaired) electrons. The number of aliphatic hydroxyl groups excluding tert-OH is 7. The maximum absolute atomic E-state index is 13.1. The Bertz CT molecular complexity index is 1010. The summed E-state index contributed by atoms with van der Waals surface area (Å²) in [5.41, 5.74) is 0. The van der Waals surface area contributed by atoms with Gasteiger partial charge in [-0.05, 0) is 51.4 Å². The molecule has 1 aliphatic heterocycles. The average molecular weight is 842 g/mol. The van der Waals surface area contributed by atoms with E-state index in [1.807, 2.05) is 0 Å². The second kappa shape index (κ2) is 38.3. The van der Waals surface area contributed by atoms with Crippen molar-refractivity contribution in [2.75, 3.05) is 13.2 Å². The zero-order valence-electron chi connectivity index (χ0n) is 37.5. The molecule has 1 rings (SSSR count). The molecule has 0 aliphatic carbocycles. The molecule has 1 aliphatic rings. The summed E-state index contributed by atoms with van der Waals surface area (Å²) < 4.78 is 11.1. The zero-order chi connectivity index (χ0) is 43.4. The van der Waals surface area contributed by atoms with Crippen LogP contribution < -0.4 is 5.32 Å². The minimum atomic E-state index is -1.67. The van der Waals surface area contributed by atoms with Gasteiger partial charge in [0.15, 0.2) is 6.29 Å². The Morgan fingerprint density at radius 2 is 1.02 bits per heavy atom. The largest absolute Gasteiger partial charge is 0.394 e. The first-order valence-electron chi connectivity index (χ1n) is 24.2. The molecule has 1 saturated heterocycles. The number of carbonyl (C=O) groups excluding carboxylic acids is 1. The molecule has 0 aromatic rings. The van der Waals surface area contributed by atoms with Crippen LogP contribution in [0.15, 0.2) is 24.3 Å². The predicted octanol–water partition coefficient (Wildman–Crippen LogP) is 8.23. The molecular formula is C48H91NO10. The van der Waals surface area contributed by atoms with Crippen LogP contribution >= 0.6 is 0 Å². The SMILES string of the molecule is CCCCCCCCCCCC/C=C/CC/C=C/CCCC(O)C(O)C(COC1OC(CO)C(O)C(O)C1O)NC(=O)C(O)CCCCCCCCCCCCCCC. The monoisotopic (exact) mass is 842 g/mol. The molecule has 8 N–H and O–H groups in total. The molecule has 9 unspecified atom stereocenters. The molecule has 1 heterocycles. The Morgan fingerprint density at radius 1 is 0.576 bits per heavy atom. The van der Waals surface area contributed by atoms with Crippen LogP contribution in [0.25, 0.3) is 0 Å². The summed E-state index contributed by atoms with van der Waals surface area (Å²) in [6, 6.07) is -1.19. The standard InChI is InChI=1S/C48H91NO10/c1-3-5-7-9-11-13-15-17-18-19-20-21-22-24-25-27-29-31-33-35-40(51)43(53)39(38-58-48-46(56)45(55)44(54)42(37-50)59-48)49-47(57)41(52)36-34-32-30-28-26-23-16-14-12-10-8-6-4-2/h21-22,27,29,39-46,48,50-56H,3-20,23-26,28,30-38H2,1-2H3,(H,49,57)/b22-21+,29-27+. The van der Waals surface area contributed by atoms with Crippen molar-refractivity contribution in [3.8, 4) is 0 Å². The number of ether oxygens (including phenoxy) is 2. The van der Waals surface area contributed by atoms with Crippen molar-refractivity contribution in [2.45, 2.75) is 262 Å². The smallest absolute Gasteiger partial charge is 0.249 e. The van der Waals surface area contributed by atoms with Gasteiger partial charge in [0.2, 0.25) is 5.91 Å². The van der Waals surface area contributed by atoms with E-state index in [1.54, 1.807) is 0 Å². The summed E-state index contributed by atoms with van der Waals surface area (Å²) in [4.78, 5) is 13.1. The summed E-state index contributed by atoms with van der Waals surface area (Å²) in [5, 5.41) is 75.7. The van der Waals surface area contributed by atoms with Crippen LogP contribution in [0.4, 0.5) is 0 Å². The van der Waals surface area contributed by atoms with E-state index in [9.17, 15) is 40.5 Å². The molecule has 11 nitrogen and oxygen atoms in total. The lowest BCUT2D eigenvalue weighted by Crippen LogP contribution is -2.60. The Balaban J connectivity index is 2.46. The summed E-state index contributed by atoms with van der Waals surface area (Å²) in [7, 11) is 0. The average Bonchev–Trinajstić information content (AvgIpc) is 3.23. The maximum atomic E-state index is 13.1. The molecule has 0 spiro atoms. The molecule has 0 aromatic carbocycles. The van der Waals surface area contributed by atoms with Crippen LogP contribution in [-0.2, 0) is 14.3 Å². The summed E-state index contributed by atoms with van der Waals surface area (Å²) in [6.07, 6.45) is 30.8. The van der Waals surface area contributed by atoms with E-state index < -0.39 is 74.2 Å².